The number of fused-ring (bicyclic) bond motifs is 2. The van der Waals surface area contributed by atoms with E-state index in [1.54, 1.807) is 42.5 Å². The van der Waals surface area contributed by atoms with Crippen molar-refractivity contribution in [2.75, 3.05) is 4.90 Å². The van der Waals surface area contributed by atoms with Gasteiger partial charge >= 0.3 is 5.97 Å². The van der Waals surface area contributed by atoms with E-state index in [0.29, 0.717) is 11.1 Å². The van der Waals surface area contributed by atoms with Gasteiger partial charge in [0.2, 0.25) is 17.7 Å². The molecular weight excluding hydrogens is 438 g/mol. The molecule has 0 aliphatic carbocycles. The smallest absolute Gasteiger partial charge is 0.325 e. The first-order valence-corrected chi connectivity index (χ1v) is 10.7. The number of nitrogens with two attached hydrogens (primary N) is 1. The molecule has 3 amide bonds. The highest BCUT2D eigenvalue weighted by Crippen LogP contribution is 2.52. The van der Waals surface area contributed by atoms with Crippen LogP contribution in [0.1, 0.15) is 18.0 Å². The average Bonchev–Trinajstić information content (AvgIpc) is 3.27. The SMILES string of the molecule is NC(=O)C[C@]1(C(=O)O)N[C@H](c2ccccc2O)[C@@H]2C(=O)N(c3cccc4ccccc34)C(=O)[C@@H]21. The number of nitrogens with zero attached hydrogens (tertiary/aromatic N) is 1. The number of imide groups is 1. The Morgan fingerprint density at radius 3 is 2.35 bits per heavy atom. The average molecular weight is 459 g/mol. The molecule has 2 fully saturated rings. The number of hydrogen-bond donors (Lipinski definition) is 4. The quantitative estimate of drug-likeness (QED) is 0.424. The Morgan fingerprint density at radius 2 is 1.65 bits per heavy atom. The fraction of sp³-hybridized carbons (Fsp3) is 0.200. The number of amides is 3. The minimum atomic E-state index is -2.12. The van der Waals surface area contributed by atoms with E-state index in [1.807, 2.05) is 18.2 Å². The summed E-state index contributed by atoms with van der Waals surface area (Å²) in [5.41, 5.74) is 3.86. The van der Waals surface area contributed by atoms with Crippen molar-refractivity contribution < 1.29 is 29.4 Å². The number of carbonyl (C=O) groups is 4. The highest BCUT2D eigenvalue weighted by Gasteiger charge is 2.69. The number of primary amides is 1. The van der Waals surface area contributed by atoms with Crippen LogP contribution in [0, 0.1) is 11.8 Å². The molecule has 0 saturated carbocycles. The highest BCUT2D eigenvalue weighted by molar-refractivity contribution is 6.27. The van der Waals surface area contributed by atoms with Crippen molar-refractivity contribution in [3.8, 4) is 5.75 Å². The number of para-hydroxylation sites is 1. The second-order valence-electron chi connectivity index (χ2n) is 8.61. The van der Waals surface area contributed by atoms with Gasteiger partial charge < -0.3 is 15.9 Å². The lowest BCUT2D eigenvalue weighted by molar-refractivity contribution is -0.150. The number of benzene rings is 3. The molecule has 2 saturated heterocycles. The molecular formula is C25H21N3O6. The van der Waals surface area contributed by atoms with E-state index in [0.717, 1.165) is 10.3 Å². The number of aliphatic carboxylic acids is 1. The summed E-state index contributed by atoms with van der Waals surface area (Å²) in [6.07, 6.45) is -0.698. The Balaban J connectivity index is 1.72. The van der Waals surface area contributed by atoms with Crippen molar-refractivity contribution in [1.29, 1.82) is 0 Å². The van der Waals surface area contributed by atoms with Gasteiger partial charge in [0, 0.05) is 17.0 Å². The van der Waals surface area contributed by atoms with Crippen molar-refractivity contribution >= 4 is 40.2 Å². The zero-order valence-corrected chi connectivity index (χ0v) is 17.8. The summed E-state index contributed by atoms with van der Waals surface area (Å²) in [5.74, 6) is -6.50. The maximum absolute atomic E-state index is 13.8. The lowest BCUT2D eigenvalue weighted by Crippen LogP contribution is -2.57. The van der Waals surface area contributed by atoms with Crippen molar-refractivity contribution in [1.82, 2.24) is 5.32 Å². The van der Waals surface area contributed by atoms with Crippen LogP contribution in [0.3, 0.4) is 0 Å². The van der Waals surface area contributed by atoms with Crippen molar-refractivity contribution in [2.24, 2.45) is 17.6 Å². The van der Waals surface area contributed by atoms with Crippen LogP contribution in [-0.4, -0.2) is 39.4 Å². The fourth-order valence-corrected chi connectivity index (χ4v) is 5.37. The van der Waals surface area contributed by atoms with Gasteiger partial charge in [-0.05, 0) is 17.5 Å². The van der Waals surface area contributed by atoms with Crippen molar-refractivity contribution in [3.05, 3.63) is 72.3 Å². The number of nitrogens with one attached hydrogen (secondary N) is 1. The Labute approximate surface area is 193 Å². The van der Waals surface area contributed by atoms with Gasteiger partial charge in [-0.3, -0.25) is 24.5 Å². The zero-order valence-electron chi connectivity index (χ0n) is 17.8. The molecule has 5 rings (SSSR count). The molecule has 4 atom stereocenters. The molecule has 0 radical (unpaired) electrons. The van der Waals surface area contributed by atoms with E-state index in [-0.39, 0.29) is 11.3 Å². The van der Waals surface area contributed by atoms with Crippen LogP contribution in [0.5, 0.6) is 5.75 Å². The van der Waals surface area contributed by atoms with Crippen molar-refractivity contribution in [2.45, 2.75) is 18.0 Å². The van der Waals surface area contributed by atoms with Gasteiger partial charge in [-0.25, -0.2) is 4.90 Å². The Hall–Kier alpha value is -4.24. The summed E-state index contributed by atoms with van der Waals surface area (Å²) >= 11 is 0. The summed E-state index contributed by atoms with van der Waals surface area (Å²) in [5, 5.41) is 25.0. The molecule has 34 heavy (non-hydrogen) atoms. The van der Waals surface area contributed by atoms with Gasteiger partial charge in [0.15, 0.2) is 0 Å². The van der Waals surface area contributed by atoms with Crippen LogP contribution < -0.4 is 16.0 Å². The molecule has 0 spiro atoms. The summed E-state index contributed by atoms with van der Waals surface area (Å²) in [7, 11) is 0. The number of aromatic hydroxyl groups is 1. The normalized spacial score (nSPS) is 26.1. The van der Waals surface area contributed by atoms with Crippen LogP contribution in [-0.2, 0) is 19.2 Å². The Kier molecular flexibility index (Phi) is 4.87. The molecule has 3 aromatic rings. The monoisotopic (exact) mass is 459 g/mol. The summed E-state index contributed by atoms with van der Waals surface area (Å²) < 4.78 is 0. The van der Waals surface area contributed by atoms with Gasteiger partial charge in [0.05, 0.1) is 23.9 Å². The number of phenols is 1. The number of carboxylic acids is 1. The fourth-order valence-electron chi connectivity index (χ4n) is 5.37. The molecule has 2 aliphatic rings. The molecule has 3 aromatic carbocycles. The predicted octanol–water partition coefficient (Wildman–Crippen LogP) is 1.69. The third kappa shape index (κ3) is 2.97. The van der Waals surface area contributed by atoms with Gasteiger partial charge in [-0.15, -0.1) is 0 Å². The van der Waals surface area contributed by atoms with E-state index in [1.165, 1.54) is 6.07 Å². The first-order valence-electron chi connectivity index (χ1n) is 10.7. The first-order chi connectivity index (χ1) is 16.3. The van der Waals surface area contributed by atoms with E-state index in [2.05, 4.69) is 5.32 Å². The van der Waals surface area contributed by atoms with Crippen LogP contribution in [0.4, 0.5) is 5.69 Å². The highest BCUT2D eigenvalue weighted by atomic mass is 16.4. The minimum absolute atomic E-state index is 0.164. The summed E-state index contributed by atoms with van der Waals surface area (Å²) in [4.78, 5) is 53.1. The maximum Gasteiger partial charge on any atom is 0.325 e. The summed E-state index contributed by atoms with van der Waals surface area (Å²) in [6.45, 7) is 0. The van der Waals surface area contributed by atoms with E-state index in [9.17, 15) is 29.4 Å². The topological polar surface area (TPSA) is 150 Å². The molecule has 0 unspecified atom stereocenters. The lowest BCUT2D eigenvalue weighted by atomic mass is 9.77. The molecule has 9 heteroatoms. The summed E-state index contributed by atoms with van der Waals surface area (Å²) in [6, 6.07) is 17.5. The predicted molar refractivity (Wildman–Crippen MR) is 122 cm³/mol. The van der Waals surface area contributed by atoms with E-state index < -0.39 is 53.5 Å². The number of hydrogen-bond acceptors (Lipinski definition) is 6. The molecule has 9 nitrogen and oxygen atoms in total. The molecule has 0 bridgehead atoms. The van der Waals surface area contributed by atoms with Crippen LogP contribution in [0.2, 0.25) is 0 Å². The van der Waals surface area contributed by atoms with Gasteiger partial charge in [0.25, 0.3) is 0 Å². The van der Waals surface area contributed by atoms with Gasteiger partial charge in [0.1, 0.15) is 11.3 Å². The zero-order chi connectivity index (χ0) is 24.2. The van der Waals surface area contributed by atoms with Gasteiger partial charge in [-0.2, -0.15) is 0 Å². The molecule has 2 aliphatic heterocycles. The second kappa shape index (κ2) is 7.67. The Bertz CT molecular complexity index is 1370. The number of carbonyl (C=O) groups excluding carboxylic acids is 3. The second-order valence-corrected chi connectivity index (χ2v) is 8.61. The number of anilines is 1. The number of phenolic OH excluding ortho intramolecular Hbond substituents is 1. The Morgan fingerprint density at radius 1 is 0.971 bits per heavy atom. The molecule has 5 N–H and O–H groups in total. The van der Waals surface area contributed by atoms with Crippen LogP contribution in [0.15, 0.2) is 66.7 Å². The lowest BCUT2D eigenvalue weighted by Gasteiger charge is -2.30. The van der Waals surface area contributed by atoms with Gasteiger partial charge in [-0.1, -0.05) is 54.6 Å². The largest absolute Gasteiger partial charge is 0.508 e. The molecule has 2 heterocycles. The molecule has 172 valence electrons. The number of rotatable bonds is 5. The van der Waals surface area contributed by atoms with Crippen molar-refractivity contribution in [3.63, 3.8) is 0 Å². The third-order valence-corrected chi connectivity index (χ3v) is 6.77. The molecule has 0 aromatic heterocycles. The third-order valence-electron chi connectivity index (χ3n) is 6.77. The standard InChI is InChI=1S/C25H21N3O6/c26-18(30)12-25(24(33)34)20-19(21(27-25)15-9-3-4-11-17(15)29)22(31)28(23(20)32)16-10-5-7-13-6-1-2-8-14(13)16/h1-11,19-21,27,29H,12H2,(H2,26,30)(H,33,34)/t19-,20-,21-,25+/m1/s1. The minimum Gasteiger partial charge on any atom is -0.508 e. The van der Waals surface area contributed by atoms with E-state index in [4.69, 9.17) is 5.73 Å². The van der Waals surface area contributed by atoms with E-state index >= 15 is 0 Å². The number of carboxylic acid groups (broad SMARTS) is 1. The first kappa shape index (κ1) is 21.6. The van der Waals surface area contributed by atoms with Crippen LogP contribution >= 0.6 is 0 Å². The maximum atomic E-state index is 13.8. The van der Waals surface area contributed by atoms with Crippen LogP contribution in [0.25, 0.3) is 10.8 Å².